The minimum absolute atomic E-state index is 0.270. The first-order valence-electron chi connectivity index (χ1n) is 5.89. The summed E-state index contributed by atoms with van der Waals surface area (Å²) in [7, 11) is 5.15. The molecule has 0 radical (unpaired) electrons. The predicted octanol–water partition coefficient (Wildman–Crippen LogP) is 0.809. The van der Waals surface area contributed by atoms with Crippen LogP contribution in [0.5, 0.6) is 0 Å². The van der Waals surface area contributed by atoms with Crippen LogP contribution in [0.25, 0.3) is 0 Å². The van der Waals surface area contributed by atoms with Crippen molar-refractivity contribution in [3.8, 4) is 0 Å². The summed E-state index contributed by atoms with van der Waals surface area (Å²) >= 11 is 0. The van der Waals surface area contributed by atoms with Gasteiger partial charge < -0.3 is 14.4 Å². The van der Waals surface area contributed by atoms with Crippen LogP contribution in [0.4, 0.5) is 0 Å². The molecule has 0 aliphatic rings. The molecule has 0 aromatic carbocycles. The van der Waals surface area contributed by atoms with Crippen LogP contribution in [0.3, 0.4) is 0 Å². The number of ether oxygens (including phenoxy) is 2. The summed E-state index contributed by atoms with van der Waals surface area (Å²) in [6.45, 7) is 7.77. The van der Waals surface area contributed by atoms with Gasteiger partial charge in [0.1, 0.15) is 5.41 Å². The molecule has 1 atom stereocenters. The van der Waals surface area contributed by atoms with E-state index in [4.69, 9.17) is 9.47 Å². The molecule has 0 saturated carbocycles. The second kappa shape index (κ2) is 7.38. The van der Waals surface area contributed by atoms with Gasteiger partial charge in [-0.2, -0.15) is 0 Å². The zero-order chi connectivity index (χ0) is 11.9. The van der Waals surface area contributed by atoms with Crippen LogP contribution in [-0.2, 0) is 9.47 Å². The zero-order valence-corrected chi connectivity index (χ0v) is 13.2. The fraction of sp³-hybridized carbons (Fsp3) is 1.00. The van der Waals surface area contributed by atoms with Gasteiger partial charge in [-0.1, -0.05) is 0 Å². The van der Waals surface area contributed by atoms with Crippen molar-refractivity contribution in [1.29, 1.82) is 0 Å². The van der Waals surface area contributed by atoms with Crippen molar-refractivity contribution in [3.63, 3.8) is 0 Å². The van der Waals surface area contributed by atoms with Gasteiger partial charge in [-0.15, -0.1) is 0 Å². The highest BCUT2D eigenvalue weighted by atomic mass is 28.1. The van der Waals surface area contributed by atoms with E-state index >= 15 is 0 Å². The van der Waals surface area contributed by atoms with E-state index in [1.807, 2.05) is 13.8 Å². The Bertz CT molecular complexity index is 159. The number of nitrogens with zero attached hydrogens (tertiary/aromatic N) is 1. The molecule has 92 valence electrons. The number of hydrogen-bond acceptors (Lipinski definition) is 3. The summed E-state index contributed by atoms with van der Waals surface area (Å²) < 4.78 is 11.4. The van der Waals surface area contributed by atoms with E-state index in [1.54, 1.807) is 0 Å². The van der Waals surface area contributed by atoms with Crippen molar-refractivity contribution in [2.75, 3.05) is 27.3 Å². The molecule has 0 aromatic heterocycles. The van der Waals surface area contributed by atoms with Gasteiger partial charge in [0.15, 0.2) is 0 Å². The third kappa shape index (κ3) is 6.30. The average Bonchev–Trinajstić information content (AvgIpc) is 2.15. The SMILES string of the molecule is CCOC([SiH3])(CCC(C)N(C)C)OCC. The van der Waals surface area contributed by atoms with Crippen molar-refractivity contribution < 1.29 is 9.47 Å². The Kier molecular flexibility index (Phi) is 7.43. The van der Waals surface area contributed by atoms with Crippen LogP contribution >= 0.6 is 0 Å². The average molecular weight is 233 g/mol. The fourth-order valence-corrected chi connectivity index (χ4v) is 2.39. The van der Waals surface area contributed by atoms with Gasteiger partial charge in [-0.3, -0.25) is 0 Å². The molecule has 4 heteroatoms. The summed E-state index contributed by atoms with van der Waals surface area (Å²) in [5.41, 5.74) is -0.270. The minimum atomic E-state index is -0.270. The molecular weight excluding hydrogens is 206 g/mol. The lowest BCUT2D eigenvalue weighted by atomic mass is 10.1. The molecule has 0 aliphatic carbocycles. The minimum Gasteiger partial charge on any atom is -0.355 e. The summed E-state index contributed by atoms with van der Waals surface area (Å²) in [5, 5.41) is 0. The van der Waals surface area contributed by atoms with Gasteiger partial charge >= 0.3 is 0 Å². The van der Waals surface area contributed by atoms with Crippen LogP contribution in [0.1, 0.15) is 33.6 Å². The number of hydrogen-bond donors (Lipinski definition) is 0. The Balaban J connectivity index is 4.05. The van der Waals surface area contributed by atoms with Crippen molar-refractivity contribution in [2.24, 2.45) is 0 Å². The van der Waals surface area contributed by atoms with Crippen molar-refractivity contribution in [2.45, 2.75) is 45.1 Å². The standard InChI is InChI=1S/C11H27NO2Si/c1-6-13-11(15,14-7-2)9-8-10(3)12(4)5/h10H,6-9H2,1-5,15H3. The molecule has 0 amide bonds. The molecule has 0 aromatic rings. The molecule has 0 saturated heterocycles. The Morgan fingerprint density at radius 3 is 2.00 bits per heavy atom. The van der Waals surface area contributed by atoms with Crippen LogP contribution in [0, 0.1) is 0 Å². The quantitative estimate of drug-likeness (QED) is 0.457. The van der Waals surface area contributed by atoms with Crippen molar-refractivity contribution in [1.82, 2.24) is 4.90 Å². The van der Waals surface area contributed by atoms with Crippen molar-refractivity contribution >= 4 is 10.2 Å². The monoisotopic (exact) mass is 233 g/mol. The van der Waals surface area contributed by atoms with Crippen LogP contribution < -0.4 is 0 Å². The second-order valence-electron chi connectivity index (χ2n) is 4.35. The Hall–Kier alpha value is 0.0969. The largest absolute Gasteiger partial charge is 0.355 e. The van der Waals surface area contributed by atoms with Gasteiger partial charge in [0.2, 0.25) is 0 Å². The van der Waals surface area contributed by atoms with Gasteiger partial charge in [0.05, 0.1) is 10.2 Å². The van der Waals surface area contributed by atoms with Gasteiger partial charge in [-0.25, -0.2) is 0 Å². The lowest BCUT2D eigenvalue weighted by Gasteiger charge is -2.31. The van der Waals surface area contributed by atoms with Crippen molar-refractivity contribution in [3.05, 3.63) is 0 Å². The number of rotatable bonds is 8. The summed E-state index contributed by atoms with van der Waals surface area (Å²) in [6, 6.07) is 0.583. The zero-order valence-electron chi connectivity index (χ0n) is 11.2. The maximum absolute atomic E-state index is 5.72. The Morgan fingerprint density at radius 2 is 1.67 bits per heavy atom. The maximum atomic E-state index is 5.72. The van der Waals surface area contributed by atoms with Gasteiger partial charge in [-0.05, 0) is 47.7 Å². The lowest BCUT2D eigenvalue weighted by molar-refractivity contribution is -0.178. The van der Waals surface area contributed by atoms with E-state index < -0.39 is 0 Å². The molecular formula is C11H27NO2Si. The van der Waals surface area contributed by atoms with Crippen LogP contribution in [0.2, 0.25) is 0 Å². The topological polar surface area (TPSA) is 21.7 Å². The molecule has 1 unspecified atom stereocenters. The molecule has 0 N–H and O–H groups in total. The summed E-state index contributed by atoms with van der Waals surface area (Å²) in [4.78, 5) is 2.24. The first-order valence-corrected chi connectivity index (χ1v) is 6.89. The first kappa shape index (κ1) is 15.1. The predicted molar refractivity (Wildman–Crippen MR) is 68.3 cm³/mol. The molecule has 0 heterocycles. The molecule has 0 fully saturated rings. The molecule has 15 heavy (non-hydrogen) atoms. The first-order chi connectivity index (χ1) is 6.95. The summed E-state index contributed by atoms with van der Waals surface area (Å²) in [5.74, 6) is 0. The van der Waals surface area contributed by atoms with E-state index in [0.717, 1.165) is 36.3 Å². The molecule has 0 spiro atoms. The van der Waals surface area contributed by atoms with Crippen LogP contribution in [0.15, 0.2) is 0 Å². The van der Waals surface area contributed by atoms with Crippen LogP contribution in [-0.4, -0.2) is 53.9 Å². The Morgan fingerprint density at radius 1 is 1.20 bits per heavy atom. The third-order valence-corrected chi connectivity index (χ3v) is 3.87. The highest BCUT2D eigenvalue weighted by molar-refractivity contribution is 6.13. The lowest BCUT2D eigenvalue weighted by Crippen LogP contribution is -2.38. The van der Waals surface area contributed by atoms with E-state index in [0.29, 0.717) is 6.04 Å². The smallest absolute Gasteiger partial charge is 0.141 e. The molecule has 0 aliphatic heterocycles. The third-order valence-electron chi connectivity index (χ3n) is 2.80. The second-order valence-corrected chi connectivity index (χ2v) is 5.87. The van der Waals surface area contributed by atoms with E-state index in [-0.39, 0.29) is 5.41 Å². The van der Waals surface area contributed by atoms with E-state index in [2.05, 4.69) is 25.9 Å². The van der Waals surface area contributed by atoms with E-state index in [1.165, 1.54) is 0 Å². The van der Waals surface area contributed by atoms with Gasteiger partial charge in [0.25, 0.3) is 0 Å². The molecule has 0 rings (SSSR count). The highest BCUT2D eigenvalue weighted by Crippen LogP contribution is 2.18. The van der Waals surface area contributed by atoms with E-state index in [9.17, 15) is 0 Å². The van der Waals surface area contributed by atoms with Gasteiger partial charge in [0, 0.05) is 19.3 Å². The Labute approximate surface area is 97.5 Å². The molecule has 0 bridgehead atoms. The maximum Gasteiger partial charge on any atom is 0.141 e. The normalized spacial score (nSPS) is 14.8. The highest BCUT2D eigenvalue weighted by Gasteiger charge is 2.25. The molecule has 3 nitrogen and oxygen atoms in total. The summed E-state index contributed by atoms with van der Waals surface area (Å²) in [6.07, 6.45) is 2.12. The fourth-order valence-electron chi connectivity index (χ4n) is 1.53.